The van der Waals surface area contributed by atoms with Gasteiger partial charge in [-0.1, -0.05) is 18.2 Å². The summed E-state index contributed by atoms with van der Waals surface area (Å²) in [4.78, 5) is 20.9. The molecule has 0 radical (unpaired) electrons. The second-order valence-corrected chi connectivity index (χ2v) is 6.67. The number of benzene rings is 2. The van der Waals surface area contributed by atoms with Gasteiger partial charge in [-0.25, -0.2) is 4.99 Å². The van der Waals surface area contributed by atoms with Gasteiger partial charge in [0.25, 0.3) is 0 Å². The number of aliphatic imine (C=N–C) groups is 1. The Morgan fingerprint density at radius 1 is 1.00 bits per heavy atom. The van der Waals surface area contributed by atoms with Crippen LogP contribution >= 0.6 is 0 Å². The highest BCUT2D eigenvalue weighted by molar-refractivity contribution is 6.17. The Balaban J connectivity index is 1.81. The highest BCUT2D eigenvalue weighted by Crippen LogP contribution is 2.43. The predicted molar refractivity (Wildman–Crippen MR) is 107 cm³/mol. The molecule has 1 N–H and O–H groups in total. The highest BCUT2D eigenvalue weighted by atomic mass is 19.4. The Kier molecular flexibility index (Phi) is 4.99. The predicted octanol–water partition coefficient (Wildman–Crippen LogP) is 5.24. The van der Waals surface area contributed by atoms with Crippen molar-refractivity contribution in [3.63, 3.8) is 0 Å². The maximum Gasteiger partial charge on any atom is 0.420 e. The third-order valence-corrected chi connectivity index (χ3v) is 4.69. The van der Waals surface area contributed by atoms with Gasteiger partial charge in [0.05, 0.1) is 36.2 Å². The van der Waals surface area contributed by atoms with Crippen molar-refractivity contribution in [2.75, 3.05) is 12.4 Å². The number of nitrogens with zero attached hydrogens (tertiary/aromatic N) is 2. The summed E-state index contributed by atoms with van der Waals surface area (Å²) in [6.45, 7) is 0. The summed E-state index contributed by atoms with van der Waals surface area (Å²) in [7, 11) is 1.16. The van der Waals surface area contributed by atoms with Gasteiger partial charge in [0, 0.05) is 18.5 Å². The van der Waals surface area contributed by atoms with Crippen LogP contribution in [0, 0.1) is 0 Å². The molecular formula is C22H16F3N3O2. The smallest absolute Gasteiger partial charge is 0.420 e. The average molecular weight is 411 g/mol. The molecule has 1 amide bonds. The van der Waals surface area contributed by atoms with Crippen LogP contribution in [0.5, 0.6) is 5.75 Å². The summed E-state index contributed by atoms with van der Waals surface area (Å²) in [5.41, 5.74) is 2.23. The SMILES string of the molecule is COc1cc2c(cc1C(F)(F)F)NC(=O)CC(c1cccc(-c3ccncc3)c1)=N2. The van der Waals surface area contributed by atoms with E-state index in [1.54, 1.807) is 12.4 Å². The molecule has 0 aliphatic carbocycles. The largest absolute Gasteiger partial charge is 0.496 e. The minimum Gasteiger partial charge on any atom is -0.496 e. The molecule has 2 heterocycles. The normalized spacial score (nSPS) is 13.7. The number of anilines is 1. The van der Waals surface area contributed by atoms with Crippen LogP contribution < -0.4 is 10.1 Å². The number of aromatic nitrogens is 1. The van der Waals surface area contributed by atoms with Crippen LogP contribution in [-0.4, -0.2) is 23.7 Å². The first-order valence-corrected chi connectivity index (χ1v) is 9.02. The number of alkyl halides is 3. The zero-order valence-corrected chi connectivity index (χ0v) is 15.8. The monoisotopic (exact) mass is 411 g/mol. The van der Waals surface area contributed by atoms with Gasteiger partial charge in [0.15, 0.2) is 0 Å². The van der Waals surface area contributed by atoms with Gasteiger partial charge in [-0.15, -0.1) is 0 Å². The fraction of sp³-hybridized carbons (Fsp3) is 0.136. The average Bonchev–Trinajstić information content (AvgIpc) is 2.90. The molecule has 5 nitrogen and oxygen atoms in total. The molecule has 1 aromatic heterocycles. The molecule has 1 aliphatic rings. The molecular weight excluding hydrogens is 395 g/mol. The summed E-state index contributed by atoms with van der Waals surface area (Å²) in [5, 5.41) is 2.51. The number of nitrogens with one attached hydrogen (secondary N) is 1. The number of carbonyl (C=O) groups is 1. The molecule has 0 saturated carbocycles. The van der Waals surface area contributed by atoms with Crippen molar-refractivity contribution in [3.05, 3.63) is 72.1 Å². The van der Waals surface area contributed by atoms with E-state index in [4.69, 9.17) is 4.74 Å². The van der Waals surface area contributed by atoms with Gasteiger partial charge in [-0.3, -0.25) is 9.78 Å². The first kappa shape index (κ1) is 19.6. The van der Waals surface area contributed by atoms with Crippen LogP contribution in [0.15, 0.2) is 65.9 Å². The minimum absolute atomic E-state index is 0.00610. The second-order valence-electron chi connectivity index (χ2n) is 6.67. The first-order valence-electron chi connectivity index (χ1n) is 9.02. The lowest BCUT2D eigenvalue weighted by Crippen LogP contribution is -2.15. The van der Waals surface area contributed by atoms with Crippen LogP contribution in [0.3, 0.4) is 0 Å². The molecule has 4 rings (SSSR count). The zero-order chi connectivity index (χ0) is 21.3. The summed E-state index contributed by atoms with van der Waals surface area (Å²) >= 11 is 0. The Labute approximate surface area is 170 Å². The first-order chi connectivity index (χ1) is 14.3. The van der Waals surface area contributed by atoms with Gasteiger partial charge in [-0.2, -0.15) is 13.2 Å². The summed E-state index contributed by atoms with van der Waals surface area (Å²) < 4.78 is 44.9. The van der Waals surface area contributed by atoms with Gasteiger partial charge in [0.1, 0.15) is 5.75 Å². The number of halogens is 3. The van der Waals surface area contributed by atoms with Crippen molar-refractivity contribution in [2.24, 2.45) is 4.99 Å². The number of carbonyl (C=O) groups excluding carboxylic acids is 1. The fourth-order valence-electron chi connectivity index (χ4n) is 3.27. The summed E-state index contributed by atoms with van der Waals surface area (Å²) in [6, 6.07) is 13.2. The van der Waals surface area contributed by atoms with Crippen molar-refractivity contribution in [2.45, 2.75) is 12.6 Å². The maximum atomic E-state index is 13.3. The molecule has 0 fully saturated rings. The number of fused-ring (bicyclic) bond motifs is 1. The molecule has 30 heavy (non-hydrogen) atoms. The quantitative estimate of drug-likeness (QED) is 0.641. The number of hydrogen-bond acceptors (Lipinski definition) is 4. The molecule has 0 unspecified atom stereocenters. The third-order valence-electron chi connectivity index (χ3n) is 4.69. The highest BCUT2D eigenvalue weighted by Gasteiger charge is 2.36. The number of pyridine rings is 1. The van der Waals surface area contributed by atoms with Gasteiger partial charge >= 0.3 is 6.18 Å². The van der Waals surface area contributed by atoms with E-state index < -0.39 is 17.6 Å². The molecule has 1 aliphatic heterocycles. The van der Waals surface area contributed by atoms with Crippen molar-refractivity contribution >= 4 is 23.0 Å². The Hall–Kier alpha value is -3.68. The lowest BCUT2D eigenvalue weighted by Gasteiger charge is -2.15. The standard InChI is InChI=1S/C22H16F3N3O2/c1-30-20-11-19-18(10-16(20)22(23,24)25)28-21(29)12-17(27-19)15-4-2-3-14(9-15)13-5-7-26-8-6-13/h2-11H,12H2,1H3,(H,28,29). The van der Waals surface area contributed by atoms with E-state index in [0.717, 1.165) is 24.3 Å². The van der Waals surface area contributed by atoms with E-state index in [2.05, 4.69) is 15.3 Å². The molecule has 8 heteroatoms. The number of amides is 1. The van der Waals surface area contributed by atoms with Crippen LogP contribution in [0.2, 0.25) is 0 Å². The molecule has 152 valence electrons. The Morgan fingerprint density at radius 3 is 2.43 bits per heavy atom. The van der Waals surface area contributed by atoms with Gasteiger partial charge in [0.2, 0.25) is 5.91 Å². The number of ether oxygens (including phenoxy) is 1. The fourth-order valence-corrected chi connectivity index (χ4v) is 3.27. The number of hydrogen-bond donors (Lipinski definition) is 1. The number of methoxy groups -OCH3 is 1. The van der Waals surface area contributed by atoms with E-state index in [-0.39, 0.29) is 23.5 Å². The summed E-state index contributed by atoms with van der Waals surface area (Å²) in [6.07, 6.45) is -1.33. The second kappa shape index (κ2) is 7.62. The molecule has 0 saturated heterocycles. The van der Waals surface area contributed by atoms with Crippen molar-refractivity contribution < 1.29 is 22.7 Å². The Morgan fingerprint density at radius 2 is 1.73 bits per heavy atom. The zero-order valence-electron chi connectivity index (χ0n) is 15.8. The van der Waals surface area contributed by atoms with Crippen molar-refractivity contribution in [1.82, 2.24) is 4.98 Å². The lowest BCUT2D eigenvalue weighted by atomic mass is 10.0. The molecule has 0 atom stereocenters. The molecule has 0 spiro atoms. The van der Waals surface area contributed by atoms with E-state index in [1.807, 2.05) is 36.4 Å². The molecule has 3 aromatic rings. The molecule has 0 bridgehead atoms. The topological polar surface area (TPSA) is 63.6 Å². The maximum absolute atomic E-state index is 13.3. The van der Waals surface area contributed by atoms with Crippen LogP contribution in [0.4, 0.5) is 24.5 Å². The van der Waals surface area contributed by atoms with E-state index in [0.29, 0.717) is 11.3 Å². The van der Waals surface area contributed by atoms with Crippen LogP contribution in [0.1, 0.15) is 17.5 Å². The van der Waals surface area contributed by atoms with E-state index in [9.17, 15) is 18.0 Å². The van der Waals surface area contributed by atoms with Crippen LogP contribution in [-0.2, 0) is 11.0 Å². The lowest BCUT2D eigenvalue weighted by molar-refractivity contribution is -0.138. The van der Waals surface area contributed by atoms with E-state index >= 15 is 0 Å². The number of rotatable bonds is 3. The Bertz CT molecular complexity index is 1140. The van der Waals surface area contributed by atoms with Crippen molar-refractivity contribution in [1.29, 1.82) is 0 Å². The van der Waals surface area contributed by atoms with Crippen molar-refractivity contribution in [3.8, 4) is 16.9 Å². The van der Waals surface area contributed by atoms with Gasteiger partial charge in [-0.05, 0) is 41.0 Å². The van der Waals surface area contributed by atoms with E-state index in [1.165, 1.54) is 6.07 Å². The van der Waals surface area contributed by atoms with Crippen LogP contribution in [0.25, 0.3) is 11.1 Å². The molecule has 2 aromatic carbocycles. The summed E-state index contributed by atoms with van der Waals surface area (Å²) in [5.74, 6) is -0.800. The van der Waals surface area contributed by atoms with Gasteiger partial charge < -0.3 is 10.1 Å². The third kappa shape index (κ3) is 3.89. The minimum atomic E-state index is -4.62.